The highest BCUT2D eigenvalue weighted by Gasteiger charge is 2.22. The van der Waals surface area contributed by atoms with E-state index in [1.807, 2.05) is 34.7 Å². The average Bonchev–Trinajstić information content (AvgIpc) is 3.42. The normalized spacial score (nSPS) is 14.7. The van der Waals surface area contributed by atoms with Crippen LogP contribution in [0.15, 0.2) is 46.9 Å². The Labute approximate surface area is 195 Å². The standard InChI is InChI=1S/C21H24ClN5O2S2/c1-25-19(14-29-18-7-3-2-6-17(18)22)23-24-21(25)31-15-20(28)27-10-8-26(9-11-27)13-16-5-4-12-30-16/h2-7,12H,8-11,13-15H2,1H3. The lowest BCUT2D eigenvalue weighted by molar-refractivity contribution is -0.130. The zero-order chi connectivity index (χ0) is 21.6. The maximum Gasteiger partial charge on any atom is 0.233 e. The van der Waals surface area contributed by atoms with Gasteiger partial charge in [0, 0.05) is 44.6 Å². The van der Waals surface area contributed by atoms with Crippen LogP contribution in [-0.4, -0.2) is 62.4 Å². The fraction of sp³-hybridized carbons (Fsp3) is 0.381. The van der Waals surface area contributed by atoms with Gasteiger partial charge in [0.1, 0.15) is 12.4 Å². The Morgan fingerprint density at radius 1 is 1.16 bits per heavy atom. The van der Waals surface area contributed by atoms with Crippen molar-refractivity contribution in [1.29, 1.82) is 0 Å². The molecule has 1 fully saturated rings. The van der Waals surface area contributed by atoms with Crippen molar-refractivity contribution in [3.8, 4) is 5.75 Å². The van der Waals surface area contributed by atoms with Crippen LogP contribution < -0.4 is 4.74 Å². The molecule has 1 aliphatic rings. The summed E-state index contributed by atoms with van der Waals surface area (Å²) in [6.07, 6.45) is 0. The first kappa shape index (κ1) is 22.1. The van der Waals surface area contributed by atoms with E-state index in [0.29, 0.717) is 27.5 Å². The minimum Gasteiger partial charge on any atom is -0.484 e. The number of halogens is 1. The highest BCUT2D eigenvalue weighted by atomic mass is 35.5. The quantitative estimate of drug-likeness (QED) is 0.462. The van der Waals surface area contributed by atoms with Crippen LogP contribution in [-0.2, 0) is 25.0 Å². The molecule has 1 aromatic carbocycles. The number of carbonyl (C=O) groups excluding carboxylic acids is 1. The number of hydrogen-bond acceptors (Lipinski definition) is 7. The number of carbonyl (C=O) groups is 1. The largest absolute Gasteiger partial charge is 0.484 e. The molecule has 2 aromatic heterocycles. The van der Waals surface area contributed by atoms with Crippen LogP contribution in [0, 0.1) is 0 Å². The van der Waals surface area contributed by atoms with Gasteiger partial charge < -0.3 is 14.2 Å². The van der Waals surface area contributed by atoms with Gasteiger partial charge in [-0.3, -0.25) is 9.69 Å². The summed E-state index contributed by atoms with van der Waals surface area (Å²) in [7, 11) is 1.88. The number of nitrogens with zero attached hydrogens (tertiary/aromatic N) is 5. The van der Waals surface area contributed by atoms with Crippen molar-refractivity contribution < 1.29 is 9.53 Å². The summed E-state index contributed by atoms with van der Waals surface area (Å²) in [5, 5.41) is 11.8. The average molecular weight is 478 g/mol. The Morgan fingerprint density at radius 2 is 1.97 bits per heavy atom. The lowest BCUT2D eigenvalue weighted by Gasteiger charge is -2.34. The second-order valence-corrected chi connectivity index (χ2v) is 9.58. The van der Waals surface area contributed by atoms with E-state index in [0.717, 1.165) is 32.7 Å². The summed E-state index contributed by atoms with van der Waals surface area (Å²) in [6.45, 7) is 4.56. The summed E-state index contributed by atoms with van der Waals surface area (Å²) in [4.78, 5) is 18.4. The molecule has 0 unspecified atom stereocenters. The van der Waals surface area contributed by atoms with Crippen molar-refractivity contribution in [2.75, 3.05) is 31.9 Å². The summed E-state index contributed by atoms with van der Waals surface area (Å²) >= 11 is 9.30. The van der Waals surface area contributed by atoms with Gasteiger partial charge in [-0.1, -0.05) is 41.6 Å². The minimum atomic E-state index is 0.137. The van der Waals surface area contributed by atoms with Gasteiger partial charge in [-0.2, -0.15) is 0 Å². The zero-order valence-electron chi connectivity index (χ0n) is 17.2. The fourth-order valence-electron chi connectivity index (χ4n) is 3.30. The Bertz CT molecular complexity index is 1000. The number of thioether (sulfide) groups is 1. The van der Waals surface area contributed by atoms with E-state index >= 15 is 0 Å². The summed E-state index contributed by atoms with van der Waals surface area (Å²) in [5.41, 5.74) is 0. The van der Waals surface area contributed by atoms with Crippen LogP contribution in [0.3, 0.4) is 0 Å². The third-order valence-corrected chi connectivity index (χ3v) is 7.31. The second kappa shape index (κ2) is 10.5. The Kier molecular flexibility index (Phi) is 7.49. The third-order valence-electron chi connectivity index (χ3n) is 5.13. The molecule has 0 N–H and O–H groups in total. The first-order valence-electron chi connectivity index (χ1n) is 10.0. The molecule has 1 aliphatic heterocycles. The third kappa shape index (κ3) is 5.79. The first-order valence-corrected chi connectivity index (χ1v) is 12.3. The second-order valence-electron chi connectivity index (χ2n) is 7.20. The molecule has 31 heavy (non-hydrogen) atoms. The van der Waals surface area contributed by atoms with Crippen LogP contribution in [0.25, 0.3) is 0 Å². The fourth-order valence-corrected chi connectivity index (χ4v) is 5.07. The first-order chi connectivity index (χ1) is 15.1. The highest BCUT2D eigenvalue weighted by Crippen LogP contribution is 2.24. The monoisotopic (exact) mass is 477 g/mol. The summed E-state index contributed by atoms with van der Waals surface area (Å²) in [6, 6.07) is 11.6. The number of amides is 1. The Balaban J connectivity index is 1.23. The Hall–Kier alpha value is -2.07. The van der Waals surface area contributed by atoms with Crippen LogP contribution in [0.2, 0.25) is 5.02 Å². The summed E-state index contributed by atoms with van der Waals surface area (Å²) < 4.78 is 7.60. The molecule has 10 heteroatoms. The SMILES string of the molecule is Cn1c(COc2ccccc2Cl)nnc1SCC(=O)N1CCN(Cc2cccs2)CC1. The molecule has 0 bridgehead atoms. The van der Waals surface area contributed by atoms with E-state index in [1.165, 1.54) is 16.6 Å². The number of ether oxygens (including phenoxy) is 1. The molecular weight excluding hydrogens is 454 g/mol. The lowest BCUT2D eigenvalue weighted by atomic mass is 10.3. The van der Waals surface area contributed by atoms with E-state index in [2.05, 4.69) is 32.6 Å². The van der Waals surface area contributed by atoms with Crippen molar-refractivity contribution >= 4 is 40.6 Å². The minimum absolute atomic E-state index is 0.137. The number of thiophene rings is 1. The van der Waals surface area contributed by atoms with E-state index in [9.17, 15) is 4.79 Å². The summed E-state index contributed by atoms with van der Waals surface area (Å²) in [5.74, 6) is 1.77. The highest BCUT2D eigenvalue weighted by molar-refractivity contribution is 7.99. The van der Waals surface area contributed by atoms with E-state index < -0.39 is 0 Å². The van der Waals surface area contributed by atoms with Gasteiger partial charge in [-0.15, -0.1) is 21.5 Å². The van der Waals surface area contributed by atoms with E-state index in [-0.39, 0.29) is 12.5 Å². The molecule has 1 saturated heterocycles. The zero-order valence-corrected chi connectivity index (χ0v) is 19.6. The smallest absolute Gasteiger partial charge is 0.233 e. The molecule has 7 nitrogen and oxygen atoms in total. The number of piperazine rings is 1. The van der Waals surface area contributed by atoms with Gasteiger partial charge in [-0.05, 0) is 23.6 Å². The van der Waals surface area contributed by atoms with Crippen LogP contribution in [0.1, 0.15) is 10.7 Å². The number of aromatic nitrogens is 3. The molecule has 0 spiro atoms. The molecule has 0 radical (unpaired) electrons. The topological polar surface area (TPSA) is 63.5 Å². The molecular formula is C21H24ClN5O2S2. The predicted octanol–water partition coefficient (Wildman–Crippen LogP) is 3.55. The van der Waals surface area contributed by atoms with Crippen molar-refractivity contribution in [1.82, 2.24) is 24.6 Å². The lowest BCUT2D eigenvalue weighted by Crippen LogP contribution is -2.48. The van der Waals surface area contributed by atoms with Crippen molar-refractivity contribution in [3.05, 3.63) is 57.5 Å². The van der Waals surface area contributed by atoms with Gasteiger partial charge in [0.2, 0.25) is 5.91 Å². The van der Waals surface area contributed by atoms with Crippen LogP contribution in [0.5, 0.6) is 5.75 Å². The molecule has 3 aromatic rings. The van der Waals surface area contributed by atoms with Crippen LogP contribution >= 0.6 is 34.7 Å². The number of hydrogen-bond donors (Lipinski definition) is 0. The van der Waals surface area contributed by atoms with E-state index in [4.69, 9.17) is 16.3 Å². The Morgan fingerprint density at radius 3 is 2.71 bits per heavy atom. The van der Waals surface area contributed by atoms with Gasteiger partial charge in [0.15, 0.2) is 11.0 Å². The van der Waals surface area contributed by atoms with Gasteiger partial charge in [0.05, 0.1) is 10.8 Å². The maximum absolute atomic E-state index is 12.7. The molecule has 4 rings (SSSR count). The number of rotatable bonds is 8. The molecule has 164 valence electrons. The van der Waals surface area contributed by atoms with Crippen molar-refractivity contribution in [2.24, 2.45) is 7.05 Å². The van der Waals surface area contributed by atoms with Gasteiger partial charge in [-0.25, -0.2) is 0 Å². The van der Waals surface area contributed by atoms with Crippen LogP contribution in [0.4, 0.5) is 0 Å². The van der Waals surface area contributed by atoms with Gasteiger partial charge in [0.25, 0.3) is 0 Å². The molecule has 3 heterocycles. The van der Waals surface area contributed by atoms with Gasteiger partial charge >= 0.3 is 0 Å². The molecule has 0 atom stereocenters. The molecule has 0 aliphatic carbocycles. The molecule has 1 amide bonds. The number of para-hydroxylation sites is 1. The predicted molar refractivity (Wildman–Crippen MR) is 124 cm³/mol. The van der Waals surface area contributed by atoms with Crippen molar-refractivity contribution in [3.63, 3.8) is 0 Å². The molecule has 0 saturated carbocycles. The number of benzene rings is 1. The maximum atomic E-state index is 12.7. The van der Waals surface area contributed by atoms with Crippen molar-refractivity contribution in [2.45, 2.75) is 18.3 Å². The van der Waals surface area contributed by atoms with E-state index in [1.54, 1.807) is 17.4 Å².